The third-order valence-corrected chi connectivity index (χ3v) is 2.19. The summed E-state index contributed by atoms with van der Waals surface area (Å²) in [6.45, 7) is 8.26. The minimum absolute atomic E-state index is 0.256. The lowest BCUT2D eigenvalue weighted by Gasteiger charge is -2.15. The summed E-state index contributed by atoms with van der Waals surface area (Å²) in [6, 6.07) is 8.37. The van der Waals surface area contributed by atoms with Gasteiger partial charge in [0, 0.05) is 7.11 Å². The van der Waals surface area contributed by atoms with Gasteiger partial charge in [-0.2, -0.15) is 0 Å². The van der Waals surface area contributed by atoms with Crippen molar-refractivity contribution in [1.82, 2.24) is 0 Å². The van der Waals surface area contributed by atoms with Gasteiger partial charge in [-0.05, 0) is 24.5 Å². The molecule has 1 rings (SSSR count). The van der Waals surface area contributed by atoms with Crippen molar-refractivity contribution in [3.8, 4) is 0 Å². The number of hydrogen-bond donors (Lipinski definition) is 0. The molecule has 14 heavy (non-hydrogen) atoms. The fraction of sp³-hybridized carbons (Fsp3) is 0.538. The van der Waals surface area contributed by atoms with Crippen LogP contribution in [0, 0.1) is 6.92 Å². The molecule has 80 valence electrons. The molecule has 0 bridgehead atoms. The molecule has 0 radical (unpaired) electrons. The topological polar surface area (TPSA) is 9.23 Å². The van der Waals surface area contributed by atoms with E-state index in [-0.39, 0.29) is 6.10 Å². The zero-order valence-corrected chi connectivity index (χ0v) is 10.0. The second-order valence-corrected chi connectivity index (χ2v) is 2.99. The van der Waals surface area contributed by atoms with Crippen LogP contribution in [0.25, 0.3) is 0 Å². The van der Waals surface area contributed by atoms with Crippen LogP contribution >= 0.6 is 0 Å². The van der Waals surface area contributed by atoms with Gasteiger partial charge in [0.05, 0.1) is 6.10 Å². The third-order valence-electron chi connectivity index (χ3n) is 2.19. The van der Waals surface area contributed by atoms with Crippen molar-refractivity contribution in [1.29, 1.82) is 0 Å². The Morgan fingerprint density at radius 3 is 2.21 bits per heavy atom. The first-order valence-corrected chi connectivity index (χ1v) is 5.38. The number of benzene rings is 1. The summed E-state index contributed by atoms with van der Waals surface area (Å²) in [5.41, 5.74) is 2.62. The van der Waals surface area contributed by atoms with Crippen molar-refractivity contribution >= 4 is 0 Å². The van der Waals surface area contributed by atoms with E-state index >= 15 is 0 Å². The second kappa shape index (κ2) is 7.57. The molecule has 1 aromatic rings. The van der Waals surface area contributed by atoms with Crippen molar-refractivity contribution in [2.75, 3.05) is 7.11 Å². The molecule has 0 aliphatic heterocycles. The Labute approximate surface area is 88.1 Å². The molecule has 0 N–H and O–H groups in total. The van der Waals surface area contributed by atoms with Crippen molar-refractivity contribution in [3.63, 3.8) is 0 Å². The van der Waals surface area contributed by atoms with Crippen LogP contribution in [-0.2, 0) is 4.74 Å². The Balaban J connectivity index is 0.000000791. The summed E-state index contributed by atoms with van der Waals surface area (Å²) in [6.07, 6.45) is 1.28. The fourth-order valence-electron chi connectivity index (χ4n) is 1.46. The molecule has 0 fully saturated rings. The van der Waals surface area contributed by atoms with Crippen molar-refractivity contribution < 1.29 is 4.74 Å². The van der Waals surface area contributed by atoms with Gasteiger partial charge in [0.15, 0.2) is 0 Å². The molecular formula is C13H22O. The van der Waals surface area contributed by atoms with Crippen LogP contribution in [-0.4, -0.2) is 7.11 Å². The number of methoxy groups -OCH3 is 1. The van der Waals surface area contributed by atoms with Crippen molar-refractivity contribution in [3.05, 3.63) is 35.4 Å². The lowest BCUT2D eigenvalue weighted by molar-refractivity contribution is 0.0995. The predicted molar refractivity (Wildman–Crippen MR) is 62.6 cm³/mol. The SMILES string of the molecule is CC.CCC(OC)c1ccccc1C. The highest BCUT2D eigenvalue weighted by Gasteiger charge is 2.08. The predicted octanol–water partition coefficient (Wildman–Crippen LogP) is 4.12. The van der Waals surface area contributed by atoms with Gasteiger partial charge in [0.2, 0.25) is 0 Å². The Morgan fingerprint density at radius 2 is 1.79 bits per heavy atom. The monoisotopic (exact) mass is 194 g/mol. The van der Waals surface area contributed by atoms with E-state index in [2.05, 4.69) is 38.1 Å². The van der Waals surface area contributed by atoms with Gasteiger partial charge in [-0.1, -0.05) is 45.0 Å². The third kappa shape index (κ3) is 3.51. The summed E-state index contributed by atoms with van der Waals surface area (Å²) in [7, 11) is 1.76. The van der Waals surface area contributed by atoms with Crippen molar-refractivity contribution in [2.24, 2.45) is 0 Å². The quantitative estimate of drug-likeness (QED) is 0.703. The zero-order valence-electron chi connectivity index (χ0n) is 10.0. The highest BCUT2D eigenvalue weighted by Crippen LogP contribution is 2.22. The molecule has 1 aromatic carbocycles. The summed E-state index contributed by atoms with van der Waals surface area (Å²) >= 11 is 0. The lowest BCUT2D eigenvalue weighted by atomic mass is 10.0. The van der Waals surface area contributed by atoms with E-state index in [1.54, 1.807) is 7.11 Å². The van der Waals surface area contributed by atoms with Gasteiger partial charge in [0.1, 0.15) is 0 Å². The van der Waals surface area contributed by atoms with Crippen LogP contribution < -0.4 is 0 Å². The van der Waals surface area contributed by atoms with Crippen LogP contribution in [0.2, 0.25) is 0 Å². The minimum atomic E-state index is 0.256. The van der Waals surface area contributed by atoms with E-state index < -0.39 is 0 Å². The van der Waals surface area contributed by atoms with Gasteiger partial charge in [-0.3, -0.25) is 0 Å². The first-order valence-electron chi connectivity index (χ1n) is 5.38. The van der Waals surface area contributed by atoms with Gasteiger partial charge in [-0.15, -0.1) is 0 Å². The zero-order chi connectivity index (χ0) is 11.0. The van der Waals surface area contributed by atoms with E-state index in [9.17, 15) is 0 Å². The van der Waals surface area contributed by atoms with Crippen LogP contribution in [0.1, 0.15) is 44.4 Å². The molecule has 0 spiro atoms. The van der Waals surface area contributed by atoms with Gasteiger partial charge < -0.3 is 4.74 Å². The van der Waals surface area contributed by atoms with Gasteiger partial charge >= 0.3 is 0 Å². The number of hydrogen-bond acceptors (Lipinski definition) is 1. The van der Waals surface area contributed by atoms with Crippen molar-refractivity contribution in [2.45, 2.75) is 40.2 Å². The van der Waals surface area contributed by atoms with E-state index in [0.717, 1.165) is 6.42 Å². The molecule has 1 atom stereocenters. The Hall–Kier alpha value is -0.820. The molecule has 0 saturated carbocycles. The average Bonchev–Trinajstić information content (AvgIpc) is 2.25. The summed E-state index contributed by atoms with van der Waals surface area (Å²) in [4.78, 5) is 0. The van der Waals surface area contributed by atoms with Gasteiger partial charge in [-0.25, -0.2) is 0 Å². The van der Waals surface area contributed by atoms with Crippen LogP contribution in [0.15, 0.2) is 24.3 Å². The number of rotatable bonds is 3. The normalized spacial score (nSPS) is 11.5. The van der Waals surface area contributed by atoms with E-state index in [0.29, 0.717) is 0 Å². The number of ether oxygens (including phenoxy) is 1. The number of aryl methyl sites for hydroxylation is 1. The fourth-order valence-corrected chi connectivity index (χ4v) is 1.46. The van der Waals surface area contributed by atoms with E-state index in [4.69, 9.17) is 4.74 Å². The molecule has 1 heteroatoms. The summed E-state index contributed by atoms with van der Waals surface area (Å²) in [5, 5.41) is 0. The molecular weight excluding hydrogens is 172 g/mol. The standard InChI is InChI=1S/C11H16O.C2H6/c1-4-11(12-3)10-8-6-5-7-9(10)2;1-2/h5-8,11H,4H2,1-3H3;1-2H3. The molecule has 0 aromatic heterocycles. The highest BCUT2D eigenvalue weighted by molar-refractivity contribution is 5.27. The average molecular weight is 194 g/mol. The summed E-state index contributed by atoms with van der Waals surface area (Å²) in [5.74, 6) is 0. The molecule has 1 unspecified atom stereocenters. The maximum atomic E-state index is 5.37. The van der Waals surface area contributed by atoms with E-state index in [1.807, 2.05) is 13.8 Å². The second-order valence-electron chi connectivity index (χ2n) is 2.99. The molecule has 1 nitrogen and oxygen atoms in total. The Kier molecular flexibility index (Phi) is 7.13. The minimum Gasteiger partial charge on any atom is -0.377 e. The molecule has 0 amide bonds. The van der Waals surface area contributed by atoms with E-state index in [1.165, 1.54) is 11.1 Å². The van der Waals surface area contributed by atoms with Crippen LogP contribution in [0.4, 0.5) is 0 Å². The van der Waals surface area contributed by atoms with Gasteiger partial charge in [0.25, 0.3) is 0 Å². The Morgan fingerprint density at radius 1 is 1.21 bits per heavy atom. The highest BCUT2D eigenvalue weighted by atomic mass is 16.5. The summed E-state index contributed by atoms with van der Waals surface area (Å²) < 4.78 is 5.37. The lowest BCUT2D eigenvalue weighted by Crippen LogP contribution is -2.01. The largest absolute Gasteiger partial charge is 0.377 e. The first-order chi connectivity index (χ1) is 6.79. The molecule has 0 aliphatic carbocycles. The maximum absolute atomic E-state index is 5.37. The molecule has 0 aliphatic rings. The maximum Gasteiger partial charge on any atom is 0.0821 e. The smallest absolute Gasteiger partial charge is 0.0821 e. The first kappa shape index (κ1) is 13.2. The Bertz CT molecular complexity index is 239. The molecule has 0 heterocycles. The van der Waals surface area contributed by atoms with Crippen LogP contribution in [0.3, 0.4) is 0 Å². The molecule has 0 saturated heterocycles. The van der Waals surface area contributed by atoms with Crippen LogP contribution in [0.5, 0.6) is 0 Å².